The van der Waals surface area contributed by atoms with E-state index in [1.54, 1.807) is 24.5 Å². The van der Waals surface area contributed by atoms with Crippen LogP contribution in [0.2, 0.25) is 0 Å². The van der Waals surface area contributed by atoms with Gasteiger partial charge in [0.05, 0.1) is 0 Å². The highest BCUT2D eigenvalue weighted by Crippen LogP contribution is 2.31. The van der Waals surface area contributed by atoms with Crippen LogP contribution in [0.3, 0.4) is 0 Å². The number of aryl methyl sites for hydroxylation is 1. The molecule has 0 N–H and O–H groups in total. The average molecular weight is 344 g/mol. The van der Waals surface area contributed by atoms with Crippen molar-refractivity contribution in [1.29, 1.82) is 0 Å². The molecule has 0 saturated heterocycles. The molecule has 3 heteroatoms. The molecule has 0 aliphatic carbocycles. The molecule has 0 radical (unpaired) electrons. The lowest BCUT2D eigenvalue weighted by molar-refractivity contribution is 0.0977. The van der Waals surface area contributed by atoms with Gasteiger partial charge in [-0.05, 0) is 42.3 Å². The van der Waals surface area contributed by atoms with Crippen molar-refractivity contribution in [3.8, 4) is 0 Å². The highest BCUT2D eigenvalue weighted by molar-refractivity contribution is 5.96. The van der Waals surface area contributed by atoms with E-state index in [9.17, 15) is 4.79 Å². The molecule has 0 spiro atoms. The van der Waals surface area contributed by atoms with E-state index in [0.29, 0.717) is 12.0 Å². The summed E-state index contributed by atoms with van der Waals surface area (Å²) in [6.45, 7) is 2.08. The number of benzene rings is 2. The topological polar surface area (TPSA) is 33.2 Å². The van der Waals surface area contributed by atoms with Crippen molar-refractivity contribution >= 4 is 11.5 Å². The van der Waals surface area contributed by atoms with E-state index >= 15 is 0 Å². The molecule has 0 fully saturated rings. The number of ketones is 1. The van der Waals surface area contributed by atoms with Crippen LogP contribution in [0.5, 0.6) is 0 Å². The lowest BCUT2D eigenvalue weighted by Gasteiger charge is -2.20. The molecule has 1 aromatic heterocycles. The highest BCUT2D eigenvalue weighted by atomic mass is 16.1. The van der Waals surface area contributed by atoms with E-state index in [1.807, 2.05) is 14.1 Å². The first-order chi connectivity index (χ1) is 12.5. The third-order valence-electron chi connectivity index (χ3n) is 4.65. The van der Waals surface area contributed by atoms with Gasteiger partial charge < -0.3 is 4.90 Å². The number of nitrogens with zero attached hydrogens (tertiary/aromatic N) is 2. The van der Waals surface area contributed by atoms with Crippen LogP contribution in [0.25, 0.3) is 0 Å². The number of carbonyl (C=O) groups excluding carboxylic acids is 1. The fraction of sp³-hybridized carbons (Fsp3) is 0.217. The maximum absolute atomic E-state index is 12.8. The molecule has 3 nitrogen and oxygen atoms in total. The lowest BCUT2D eigenvalue weighted by atomic mass is 9.85. The molecular weight excluding hydrogens is 320 g/mol. The quantitative estimate of drug-likeness (QED) is 0.599. The van der Waals surface area contributed by atoms with Crippen LogP contribution in [-0.2, 0) is 0 Å². The lowest BCUT2D eigenvalue weighted by Crippen LogP contribution is -2.11. The number of aromatic nitrogens is 1. The number of pyridine rings is 1. The predicted octanol–water partition coefficient (Wildman–Crippen LogP) is 4.86. The van der Waals surface area contributed by atoms with Crippen LogP contribution >= 0.6 is 0 Å². The van der Waals surface area contributed by atoms with Gasteiger partial charge in [0, 0.05) is 50.1 Å². The zero-order valence-corrected chi connectivity index (χ0v) is 15.5. The molecule has 2 aromatic carbocycles. The Morgan fingerprint density at radius 2 is 1.65 bits per heavy atom. The van der Waals surface area contributed by atoms with Gasteiger partial charge in [-0.2, -0.15) is 0 Å². The minimum Gasteiger partial charge on any atom is -0.378 e. The highest BCUT2D eigenvalue weighted by Gasteiger charge is 2.19. The van der Waals surface area contributed by atoms with Crippen molar-refractivity contribution < 1.29 is 4.79 Å². The van der Waals surface area contributed by atoms with Crippen LogP contribution in [0.1, 0.15) is 39.4 Å². The standard InChI is InChI=1S/C23H24N2O/c1-17-5-4-6-20(15-17)22(16-23(26)19-11-13-24-14-12-19)18-7-9-21(10-8-18)25(2)3/h4-15,22H,16H2,1-3H3. The molecule has 132 valence electrons. The van der Waals surface area contributed by atoms with Gasteiger partial charge in [-0.25, -0.2) is 0 Å². The van der Waals surface area contributed by atoms with E-state index in [-0.39, 0.29) is 11.7 Å². The first-order valence-corrected chi connectivity index (χ1v) is 8.81. The molecule has 3 rings (SSSR count). The van der Waals surface area contributed by atoms with Crippen LogP contribution < -0.4 is 4.90 Å². The Bertz CT molecular complexity index is 870. The molecule has 1 atom stereocenters. The van der Waals surface area contributed by atoms with Crippen LogP contribution in [0.15, 0.2) is 73.1 Å². The Hall–Kier alpha value is -2.94. The van der Waals surface area contributed by atoms with E-state index in [1.165, 1.54) is 11.1 Å². The average Bonchev–Trinajstić information content (AvgIpc) is 2.66. The summed E-state index contributed by atoms with van der Waals surface area (Å²) in [6.07, 6.45) is 3.77. The maximum atomic E-state index is 12.8. The summed E-state index contributed by atoms with van der Waals surface area (Å²) in [5, 5.41) is 0. The minimum absolute atomic E-state index is 0.0341. The van der Waals surface area contributed by atoms with Crippen molar-refractivity contribution in [2.75, 3.05) is 19.0 Å². The van der Waals surface area contributed by atoms with Gasteiger partial charge in [0.1, 0.15) is 0 Å². The van der Waals surface area contributed by atoms with Crippen molar-refractivity contribution in [2.24, 2.45) is 0 Å². The number of hydrogen-bond acceptors (Lipinski definition) is 3. The van der Waals surface area contributed by atoms with Gasteiger partial charge in [-0.15, -0.1) is 0 Å². The maximum Gasteiger partial charge on any atom is 0.163 e. The van der Waals surface area contributed by atoms with Gasteiger partial charge in [-0.3, -0.25) is 9.78 Å². The molecule has 0 aliphatic rings. The van der Waals surface area contributed by atoms with E-state index in [0.717, 1.165) is 11.3 Å². The summed E-state index contributed by atoms with van der Waals surface area (Å²) >= 11 is 0. The minimum atomic E-state index is 0.0341. The summed E-state index contributed by atoms with van der Waals surface area (Å²) in [7, 11) is 4.06. The fourth-order valence-corrected chi connectivity index (χ4v) is 3.16. The first kappa shape index (κ1) is 17.9. The van der Waals surface area contributed by atoms with Crippen molar-refractivity contribution in [1.82, 2.24) is 4.98 Å². The largest absolute Gasteiger partial charge is 0.378 e. The molecule has 3 aromatic rings. The zero-order chi connectivity index (χ0) is 18.5. The Morgan fingerprint density at radius 3 is 2.27 bits per heavy atom. The molecule has 0 saturated carbocycles. The van der Waals surface area contributed by atoms with E-state index in [4.69, 9.17) is 0 Å². The number of anilines is 1. The summed E-state index contributed by atoms with van der Waals surface area (Å²) in [5.41, 5.74) is 5.39. The fourth-order valence-electron chi connectivity index (χ4n) is 3.16. The number of Topliss-reactive ketones (excluding diaryl/α,β-unsaturated/α-hetero) is 1. The van der Waals surface area contributed by atoms with E-state index < -0.39 is 0 Å². The Morgan fingerprint density at radius 1 is 0.962 bits per heavy atom. The Kier molecular flexibility index (Phi) is 5.47. The van der Waals surface area contributed by atoms with Crippen LogP contribution in [-0.4, -0.2) is 24.9 Å². The van der Waals surface area contributed by atoms with Crippen molar-refractivity contribution in [3.63, 3.8) is 0 Å². The first-order valence-electron chi connectivity index (χ1n) is 8.81. The van der Waals surface area contributed by atoms with Gasteiger partial charge in [0.2, 0.25) is 0 Å². The summed E-state index contributed by atoms with van der Waals surface area (Å²) in [4.78, 5) is 18.9. The van der Waals surface area contributed by atoms with Gasteiger partial charge in [0.15, 0.2) is 5.78 Å². The molecule has 0 amide bonds. The molecule has 0 aliphatic heterocycles. The van der Waals surface area contributed by atoms with Crippen LogP contribution in [0, 0.1) is 6.92 Å². The van der Waals surface area contributed by atoms with Gasteiger partial charge in [0.25, 0.3) is 0 Å². The molecular formula is C23H24N2O. The molecule has 0 bridgehead atoms. The summed E-state index contributed by atoms with van der Waals surface area (Å²) in [5.74, 6) is 0.169. The zero-order valence-electron chi connectivity index (χ0n) is 15.5. The smallest absolute Gasteiger partial charge is 0.163 e. The normalized spacial score (nSPS) is 11.8. The number of hydrogen-bond donors (Lipinski definition) is 0. The van der Waals surface area contributed by atoms with Gasteiger partial charge >= 0.3 is 0 Å². The third-order valence-corrected chi connectivity index (χ3v) is 4.65. The number of carbonyl (C=O) groups is 1. The summed E-state index contributed by atoms with van der Waals surface area (Å²) in [6, 6.07) is 20.5. The Balaban J connectivity index is 1.95. The Labute approximate surface area is 155 Å². The predicted molar refractivity (Wildman–Crippen MR) is 107 cm³/mol. The second-order valence-electron chi connectivity index (χ2n) is 6.82. The second kappa shape index (κ2) is 7.96. The van der Waals surface area contributed by atoms with Crippen molar-refractivity contribution in [3.05, 3.63) is 95.3 Å². The molecule has 26 heavy (non-hydrogen) atoms. The second-order valence-corrected chi connectivity index (χ2v) is 6.82. The number of rotatable bonds is 6. The monoisotopic (exact) mass is 344 g/mol. The van der Waals surface area contributed by atoms with E-state index in [2.05, 4.69) is 65.3 Å². The third kappa shape index (κ3) is 4.17. The molecule has 1 heterocycles. The molecule has 1 unspecified atom stereocenters. The van der Waals surface area contributed by atoms with Gasteiger partial charge in [-0.1, -0.05) is 42.0 Å². The van der Waals surface area contributed by atoms with Crippen molar-refractivity contribution in [2.45, 2.75) is 19.3 Å². The van der Waals surface area contributed by atoms with Crippen LogP contribution in [0.4, 0.5) is 5.69 Å². The SMILES string of the molecule is Cc1cccc(C(CC(=O)c2ccncc2)c2ccc(N(C)C)cc2)c1. The summed E-state index contributed by atoms with van der Waals surface area (Å²) < 4.78 is 0.